The van der Waals surface area contributed by atoms with Gasteiger partial charge in [-0.3, -0.25) is 0 Å². The fraction of sp³-hybridized carbons (Fsp3) is 0.692. The van der Waals surface area contributed by atoms with Crippen molar-refractivity contribution in [3.63, 3.8) is 0 Å². The maximum Gasteiger partial charge on any atom is 0.433 e. The van der Waals surface area contributed by atoms with Crippen LogP contribution in [0.5, 0.6) is 0 Å². The Morgan fingerprint density at radius 3 is 2.77 bits per heavy atom. The quantitative estimate of drug-likeness (QED) is 0.666. The van der Waals surface area contributed by atoms with Gasteiger partial charge < -0.3 is 20.5 Å². The third kappa shape index (κ3) is 4.99. The minimum Gasteiger partial charge on any atom is -0.396 e. The molecule has 9 heteroatoms. The van der Waals surface area contributed by atoms with Crippen LogP contribution < -0.4 is 10.6 Å². The first-order chi connectivity index (χ1) is 10.5. The molecule has 0 amide bonds. The number of aliphatic hydroxyl groups excluding tert-OH is 1. The Hall–Kier alpha value is -1.61. The molecule has 2 heterocycles. The van der Waals surface area contributed by atoms with Crippen molar-refractivity contribution in [1.29, 1.82) is 0 Å². The second-order valence-electron chi connectivity index (χ2n) is 4.98. The highest BCUT2D eigenvalue weighted by Gasteiger charge is 2.33. The lowest BCUT2D eigenvalue weighted by atomic mass is 10.2. The van der Waals surface area contributed by atoms with Crippen LogP contribution in [0.25, 0.3) is 0 Å². The second-order valence-corrected chi connectivity index (χ2v) is 4.98. The van der Waals surface area contributed by atoms with E-state index in [1.54, 1.807) is 0 Å². The summed E-state index contributed by atoms with van der Waals surface area (Å²) in [5.41, 5.74) is -1.01. The first-order valence-electron chi connectivity index (χ1n) is 7.15. The van der Waals surface area contributed by atoms with Crippen LogP contribution in [0.4, 0.5) is 24.9 Å². The minimum absolute atomic E-state index is 0.00454. The highest BCUT2D eigenvalue weighted by molar-refractivity contribution is 5.43. The molecule has 0 unspecified atom stereocenters. The van der Waals surface area contributed by atoms with Gasteiger partial charge in [-0.15, -0.1) is 0 Å². The van der Waals surface area contributed by atoms with E-state index in [1.165, 1.54) is 0 Å². The van der Waals surface area contributed by atoms with Crippen LogP contribution in [0.3, 0.4) is 0 Å². The molecule has 3 N–H and O–H groups in total. The van der Waals surface area contributed by atoms with Crippen LogP contribution in [-0.2, 0) is 10.9 Å². The maximum absolute atomic E-state index is 12.9. The lowest BCUT2D eigenvalue weighted by molar-refractivity contribution is -0.141. The van der Waals surface area contributed by atoms with Crippen molar-refractivity contribution in [3.05, 3.63) is 11.8 Å². The summed E-state index contributed by atoms with van der Waals surface area (Å²) >= 11 is 0. The second kappa shape index (κ2) is 7.59. The highest BCUT2D eigenvalue weighted by atomic mass is 19.4. The molecular formula is C13H19F3N4O2. The van der Waals surface area contributed by atoms with Crippen molar-refractivity contribution in [3.8, 4) is 0 Å². The zero-order valence-corrected chi connectivity index (χ0v) is 12.0. The Labute approximate surface area is 126 Å². The highest BCUT2D eigenvalue weighted by Crippen LogP contribution is 2.29. The van der Waals surface area contributed by atoms with Gasteiger partial charge in [0.25, 0.3) is 0 Å². The van der Waals surface area contributed by atoms with E-state index in [9.17, 15) is 13.2 Å². The first kappa shape index (κ1) is 16.8. The van der Waals surface area contributed by atoms with Crippen molar-refractivity contribution in [2.75, 3.05) is 36.9 Å². The molecule has 22 heavy (non-hydrogen) atoms. The topological polar surface area (TPSA) is 79.3 Å². The van der Waals surface area contributed by atoms with Crippen LogP contribution in [0.2, 0.25) is 0 Å². The number of alkyl halides is 3. The molecule has 0 aliphatic carbocycles. The van der Waals surface area contributed by atoms with Crippen molar-refractivity contribution in [1.82, 2.24) is 9.97 Å². The summed E-state index contributed by atoms with van der Waals surface area (Å²) in [5, 5.41) is 14.2. The molecule has 0 saturated carbocycles. The van der Waals surface area contributed by atoms with E-state index < -0.39 is 11.9 Å². The van der Waals surface area contributed by atoms with Crippen molar-refractivity contribution in [2.45, 2.75) is 31.5 Å². The summed E-state index contributed by atoms with van der Waals surface area (Å²) in [6.07, 6.45) is -2.31. The number of hydrogen-bond donors (Lipinski definition) is 3. The fourth-order valence-corrected chi connectivity index (χ4v) is 2.07. The molecule has 1 aromatic rings. The average molecular weight is 320 g/mol. The average Bonchev–Trinajstić information content (AvgIpc) is 2.98. The SMILES string of the molecule is OCCCNc1nc(NC[C@@H]2CCCO2)cc(C(F)(F)F)n1. The van der Waals surface area contributed by atoms with E-state index in [4.69, 9.17) is 9.84 Å². The molecule has 1 aliphatic heterocycles. The van der Waals surface area contributed by atoms with Crippen molar-refractivity contribution < 1.29 is 23.0 Å². The molecule has 0 spiro atoms. The third-order valence-corrected chi connectivity index (χ3v) is 3.17. The van der Waals surface area contributed by atoms with Gasteiger partial charge in [-0.05, 0) is 19.3 Å². The number of rotatable bonds is 7. The summed E-state index contributed by atoms with van der Waals surface area (Å²) in [4.78, 5) is 7.47. The normalized spacial score (nSPS) is 18.5. The molecule has 1 atom stereocenters. The monoisotopic (exact) mass is 320 g/mol. The molecule has 124 valence electrons. The van der Waals surface area contributed by atoms with Crippen molar-refractivity contribution >= 4 is 11.8 Å². The van der Waals surface area contributed by atoms with Gasteiger partial charge in [-0.25, -0.2) is 4.98 Å². The fourth-order valence-electron chi connectivity index (χ4n) is 2.07. The predicted molar refractivity (Wildman–Crippen MR) is 74.7 cm³/mol. The molecule has 0 bridgehead atoms. The summed E-state index contributed by atoms with van der Waals surface area (Å²) in [7, 11) is 0. The van der Waals surface area contributed by atoms with E-state index in [0.29, 0.717) is 26.1 Å². The summed E-state index contributed by atoms with van der Waals surface area (Å²) in [5.74, 6) is -0.0116. The molecule has 6 nitrogen and oxygen atoms in total. The first-order valence-corrected chi connectivity index (χ1v) is 7.15. The number of nitrogens with zero attached hydrogens (tertiary/aromatic N) is 2. The van der Waals surface area contributed by atoms with Gasteiger partial charge in [0.05, 0.1) is 6.10 Å². The summed E-state index contributed by atoms with van der Waals surface area (Å²) in [6, 6.07) is 0.881. The Balaban J connectivity index is 2.06. The summed E-state index contributed by atoms with van der Waals surface area (Å²) < 4.78 is 44.0. The predicted octanol–water partition coefficient (Wildman–Crippen LogP) is 1.88. The Bertz CT molecular complexity index is 479. The molecule has 2 rings (SSSR count). The van der Waals surface area contributed by atoms with Crippen LogP contribution >= 0.6 is 0 Å². The molecule has 0 radical (unpaired) electrons. The summed E-state index contributed by atoms with van der Waals surface area (Å²) in [6.45, 7) is 1.32. The molecule has 1 fully saturated rings. The smallest absolute Gasteiger partial charge is 0.396 e. The van der Waals surface area contributed by atoms with Crippen LogP contribution in [0.15, 0.2) is 6.07 Å². The van der Waals surface area contributed by atoms with Gasteiger partial charge >= 0.3 is 6.18 Å². The number of nitrogens with one attached hydrogen (secondary N) is 2. The van der Waals surface area contributed by atoms with E-state index in [1.807, 2.05) is 0 Å². The van der Waals surface area contributed by atoms with E-state index in [-0.39, 0.29) is 24.5 Å². The standard InChI is InChI=1S/C13H19F3N4O2/c14-13(15,16)10-7-11(18-8-9-3-1-6-22-9)20-12(19-10)17-4-2-5-21/h7,9,21H,1-6,8H2,(H2,17,18,19,20)/t9-/m0/s1. The molecule has 1 aliphatic rings. The molecule has 0 aromatic carbocycles. The largest absolute Gasteiger partial charge is 0.433 e. The number of halogens is 3. The zero-order valence-electron chi connectivity index (χ0n) is 12.0. The lowest BCUT2D eigenvalue weighted by Gasteiger charge is -2.14. The van der Waals surface area contributed by atoms with Crippen molar-refractivity contribution in [2.24, 2.45) is 0 Å². The molecule has 1 saturated heterocycles. The molecule has 1 aromatic heterocycles. The number of anilines is 2. The molecular weight excluding hydrogens is 301 g/mol. The van der Waals surface area contributed by atoms with E-state index >= 15 is 0 Å². The lowest BCUT2D eigenvalue weighted by Crippen LogP contribution is -2.20. The van der Waals surface area contributed by atoms with E-state index in [0.717, 1.165) is 18.9 Å². The Morgan fingerprint density at radius 2 is 2.14 bits per heavy atom. The van der Waals surface area contributed by atoms with Crippen LogP contribution in [-0.4, -0.2) is 47.5 Å². The Morgan fingerprint density at radius 1 is 1.32 bits per heavy atom. The third-order valence-electron chi connectivity index (χ3n) is 3.17. The van der Waals surface area contributed by atoms with Crippen LogP contribution in [0, 0.1) is 0 Å². The number of ether oxygens (including phenoxy) is 1. The van der Waals surface area contributed by atoms with Gasteiger partial charge in [-0.2, -0.15) is 18.2 Å². The van der Waals surface area contributed by atoms with Crippen LogP contribution in [0.1, 0.15) is 25.0 Å². The van der Waals surface area contributed by atoms with Gasteiger partial charge in [-0.1, -0.05) is 0 Å². The number of aromatic nitrogens is 2. The minimum atomic E-state index is -4.55. The van der Waals surface area contributed by atoms with Gasteiger partial charge in [0.1, 0.15) is 5.82 Å². The Kier molecular flexibility index (Phi) is 5.78. The van der Waals surface area contributed by atoms with Gasteiger partial charge in [0.15, 0.2) is 5.69 Å². The maximum atomic E-state index is 12.9. The number of hydrogen-bond acceptors (Lipinski definition) is 6. The van der Waals surface area contributed by atoms with Gasteiger partial charge in [0, 0.05) is 32.4 Å². The van der Waals surface area contributed by atoms with E-state index in [2.05, 4.69) is 20.6 Å². The zero-order chi connectivity index (χ0) is 16.0. The van der Waals surface area contributed by atoms with Gasteiger partial charge in [0.2, 0.25) is 5.95 Å². The number of aliphatic hydroxyl groups is 1.